The molecule has 1 aliphatic rings. The molecule has 0 bridgehead atoms. The summed E-state index contributed by atoms with van der Waals surface area (Å²) in [6.07, 6.45) is 3.65. The lowest BCUT2D eigenvalue weighted by atomic mass is 10.1. The van der Waals surface area contributed by atoms with Crippen LogP contribution >= 0.6 is 15.9 Å². The Bertz CT molecular complexity index is 431. The lowest BCUT2D eigenvalue weighted by Crippen LogP contribution is -2.30. The zero-order valence-corrected chi connectivity index (χ0v) is 12.1. The van der Waals surface area contributed by atoms with Crippen LogP contribution in [0.4, 0.5) is 5.82 Å². The molecule has 0 radical (unpaired) electrons. The second kappa shape index (κ2) is 6.18. The molecule has 1 saturated heterocycles. The minimum absolute atomic E-state index is 0.361. The van der Waals surface area contributed by atoms with Gasteiger partial charge in [-0.15, -0.1) is 0 Å². The van der Waals surface area contributed by atoms with Crippen LogP contribution in [0.2, 0.25) is 0 Å². The van der Waals surface area contributed by atoms with Gasteiger partial charge in [-0.25, -0.2) is 9.78 Å². The molecule has 1 aromatic rings. The van der Waals surface area contributed by atoms with Crippen LogP contribution in [-0.2, 0) is 4.74 Å². The highest BCUT2D eigenvalue weighted by Gasteiger charge is 2.17. The molecule has 0 unspecified atom stereocenters. The van der Waals surface area contributed by atoms with Gasteiger partial charge in [0, 0.05) is 13.1 Å². The maximum absolute atomic E-state index is 11.8. The quantitative estimate of drug-likeness (QED) is 0.805. The zero-order chi connectivity index (χ0) is 13.0. The number of halogens is 1. The van der Waals surface area contributed by atoms with Crippen LogP contribution in [-0.4, -0.2) is 30.6 Å². The largest absolute Gasteiger partial charge is 0.461 e. The molecular formula is C13H17BrN2O2. The van der Waals surface area contributed by atoms with Crippen molar-refractivity contribution in [1.29, 1.82) is 0 Å². The number of hydrogen-bond acceptors (Lipinski definition) is 4. The number of aromatic nitrogens is 1. The summed E-state index contributed by atoms with van der Waals surface area (Å²) in [4.78, 5) is 18.4. The monoisotopic (exact) mass is 312 g/mol. The molecule has 5 heteroatoms. The molecule has 98 valence electrons. The summed E-state index contributed by atoms with van der Waals surface area (Å²) >= 11 is 3.34. The maximum atomic E-state index is 11.8. The molecule has 0 aromatic carbocycles. The number of piperidine rings is 1. The predicted octanol–water partition coefficient (Wildman–Crippen LogP) is 3.01. The number of nitrogens with zero attached hydrogens (tertiary/aromatic N) is 2. The van der Waals surface area contributed by atoms with Gasteiger partial charge < -0.3 is 9.64 Å². The van der Waals surface area contributed by atoms with Crippen LogP contribution in [0.1, 0.15) is 36.7 Å². The number of carbonyl (C=O) groups is 1. The fraction of sp³-hybridized carbons (Fsp3) is 0.538. The molecule has 18 heavy (non-hydrogen) atoms. The van der Waals surface area contributed by atoms with Gasteiger partial charge in [0.05, 0.1) is 11.1 Å². The Morgan fingerprint density at radius 2 is 2.11 bits per heavy atom. The Hall–Kier alpha value is -1.10. The number of pyridine rings is 1. The second-order valence-corrected chi connectivity index (χ2v) is 5.12. The molecule has 0 aliphatic carbocycles. The average molecular weight is 313 g/mol. The van der Waals surface area contributed by atoms with Gasteiger partial charge in [-0.05, 0) is 54.2 Å². The van der Waals surface area contributed by atoms with Crippen molar-refractivity contribution < 1.29 is 9.53 Å². The van der Waals surface area contributed by atoms with Gasteiger partial charge in [-0.1, -0.05) is 0 Å². The van der Waals surface area contributed by atoms with Gasteiger partial charge in [0.25, 0.3) is 0 Å². The third-order valence-corrected chi connectivity index (χ3v) is 3.62. The van der Waals surface area contributed by atoms with Crippen molar-refractivity contribution in [2.75, 3.05) is 24.6 Å². The fourth-order valence-corrected chi connectivity index (χ4v) is 2.46. The summed E-state index contributed by atoms with van der Waals surface area (Å²) in [5, 5.41) is 0. The highest BCUT2D eigenvalue weighted by atomic mass is 79.9. The molecule has 0 amide bonds. The van der Waals surface area contributed by atoms with E-state index in [4.69, 9.17) is 4.74 Å². The molecule has 0 spiro atoms. The molecule has 2 heterocycles. The van der Waals surface area contributed by atoms with E-state index in [1.807, 2.05) is 12.1 Å². The third-order valence-electron chi connectivity index (χ3n) is 2.98. The molecule has 0 saturated carbocycles. The van der Waals surface area contributed by atoms with E-state index in [-0.39, 0.29) is 5.97 Å². The SMILES string of the molecule is CCOC(=O)c1nc(N2CCCCC2)ccc1Br. The van der Waals surface area contributed by atoms with Gasteiger partial charge in [-0.2, -0.15) is 0 Å². The molecule has 1 aliphatic heterocycles. The van der Waals surface area contributed by atoms with E-state index in [0.717, 1.165) is 18.9 Å². The van der Waals surface area contributed by atoms with Crippen LogP contribution < -0.4 is 4.90 Å². The molecule has 4 nitrogen and oxygen atoms in total. The van der Waals surface area contributed by atoms with E-state index in [1.54, 1.807) is 6.92 Å². The van der Waals surface area contributed by atoms with Gasteiger partial charge in [0.2, 0.25) is 0 Å². The summed E-state index contributed by atoms with van der Waals surface area (Å²) in [7, 11) is 0. The van der Waals surface area contributed by atoms with Crippen molar-refractivity contribution in [3.63, 3.8) is 0 Å². The minimum Gasteiger partial charge on any atom is -0.461 e. The van der Waals surface area contributed by atoms with E-state index < -0.39 is 0 Å². The number of carbonyl (C=O) groups excluding carboxylic acids is 1. The van der Waals surface area contributed by atoms with Gasteiger partial charge in [0.1, 0.15) is 5.82 Å². The third kappa shape index (κ3) is 3.02. The second-order valence-electron chi connectivity index (χ2n) is 4.27. The number of ether oxygens (including phenoxy) is 1. The predicted molar refractivity (Wildman–Crippen MR) is 74.0 cm³/mol. The Morgan fingerprint density at radius 1 is 1.39 bits per heavy atom. The van der Waals surface area contributed by atoms with E-state index in [1.165, 1.54) is 19.3 Å². The first-order chi connectivity index (χ1) is 8.72. The summed E-state index contributed by atoms with van der Waals surface area (Å²) in [5.41, 5.74) is 0.361. The first kappa shape index (κ1) is 13.3. The van der Waals surface area contributed by atoms with Crippen LogP contribution in [0.3, 0.4) is 0 Å². The van der Waals surface area contributed by atoms with Crippen molar-refractivity contribution >= 4 is 27.7 Å². The maximum Gasteiger partial charge on any atom is 0.358 e. The first-order valence-corrected chi connectivity index (χ1v) is 7.10. The molecular weight excluding hydrogens is 296 g/mol. The molecule has 2 rings (SSSR count). The number of hydrogen-bond donors (Lipinski definition) is 0. The van der Waals surface area contributed by atoms with Crippen LogP contribution in [0, 0.1) is 0 Å². The molecule has 1 aromatic heterocycles. The highest BCUT2D eigenvalue weighted by Crippen LogP contribution is 2.23. The fourth-order valence-electron chi connectivity index (χ4n) is 2.07. The highest BCUT2D eigenvalue weighted by molar-refractivity contribution is 9.10. The average Bonchev–Trinajstić information content (AvgIpc) is 2.40. The van der Waals surface area contributed by atoms with Crippen molar-refractivity contribution in [3.05, 3.63) is 22.3 Å². The van der Waals surface area contributed by atoms with E-state index in [0.29, 0.717) is 16.8 Å². The lowest BCUT2D eigenvalue weighted by molar-refractivity contribution is 0.0518. The number of rotatable bonds is 3. The Morgan fingerprint density at radius 3 is 2.78 bits per heavy atom. The number of anilines is 1. The summed E-state index contributed by atoms with van der Waals surface area (Å²) in [5.74, 6) is 0.490. The summed E-state index contributed by atoms with van der Waals surface area (Å²) in [6, 6.07) is 3.81. The lowest BCUT2D eigenvalue weighted by Gasteiger charge is -2.28. The standard InChI is InChI=1S/C13H17BrN2O2/c1-2-18-13(17)12-10(14)6-7-11(15-12)16-8-4-3-5-9-16/h6-7H,2-5,8-9H2,1H3. The van der Waals surface area contributed by atoms with Gasteiger partial charge in [-0.3, -0.25) is 0 Å². The minimum atomic E-state index is -0.372. The van der Waals surface area contributed by atoms with Crippen LogP contribution in [0.5, 0.6) is 0 Å². The van der Waals surface area contributed by atoms with E-state index in [2.05, 4.69) is 25.8 Å². The molecule has 1 fully saturated rings. The van der Waals surface area contributed by atoms with Crippen LogP contribution in [0.15, 0.2) is 16.6 Å². The van der Waals surface area contributed by atoms with Crippen molar-refractivity contribution in [3.8, 4) is 0 Å². The Kier molecular flexibility index (Phi) is 4.58. The summed E-state index contributed by atoms with van der Waals surface area (Å²) < 4.78 is 5.68. The van der Waals surface area contributed by atoms with E-state index >= 15 is 0 Å². The Balaban J connectivity index is 2.22. The molecule has 0 atom stereocenters. The first-order valence-electron chi connectivity index (χ1n) is 6.31. The Labute approximate surface area is 115 Å². The summed E-state index contributed by atoms with van der Waals surface area (Å²) in [6.45, 7) is 4.18. The smallest absolute Gasteiger partial charge is 0.358 e. The van der Waals surface area contributed by atoms with Gasteiger partial charge >= 0.3 is 5.97 Å². The van der Waals surface area contributed by atoms with Crippen molar-refractivity contribution in [2.45, 2.75) is 26.2 Å². The zero-order valence-electron chi connectivity index (χ0n) is 10.5. The van der Waals surface area contributed by atoms with Crippen LogP contribution in [0.25, 0.3) is 0 Å². The van der Waals surface area contributed by atoms with Crippen molar-refractivity contribution in [1.82, 2.24) is 4.98 Å². The molecule has 0 N–H and O–H groups in total. The number of esters is 1. The topological polar surface area (TPSA) is 42.4 Å². The van der Waals surface area contributed by atoms with Crippen molar-refractivity contribution in [2.24, 2.45) is 0 Å². The normalized spacial score (nSPS) is 15.6. The van der Waals surface area contributed by atoms with E-state index in [9.17, 15) is 4.79 Å². The van der Waals surface area contributed by atoms with Gasteiger partial charge in [0.15, 0.2) is 5.69 Å².